The lowest BCUT2D eigenvalue weighted by atomic mass is 9.83. The fraction of sp³-hybridized carbons (Fsp3) is 0.250. The zero-order valence-electron chi connectivity index (χ0n) is 13.0. The number of aliphatic carboxylic acids is 1. The van der Waals surface area contributed by atoms with Gasteiger partial charge in [-0.2, -0.15) is 0 Å². The third-order valence-corrected chi connectivity index (χ3v) is 6.84. The SMILES string of the molecule is O=C(O)CN1C(=O)[C@@H]2[C@H](c3ccc(F)cc3)c3sc(=O)[nH]c3S[C@@H]2C1=O. The average molecular weight is 394 g/mol. The number of imide groups is 1. The van der Waals surface area contributed by atoms with Gasteiger partial charge < -0.3 is 10.1 Å². The van der Waals surface area contributed by atoms with Crippen molar-refractivity contribution in [2.45, 2.75) is 16.2 Å². The topological polar surface area (TPSA) is 108 Å². The molecule has 10 heteroatoms. The first-order valence-electron chi connectivity index (χ1n) is 7.59. The third kappa shape index (κ3) is 2.56. The molecule has 2 aromatic rings. The van der Waals surface area contributed by atoms with Crippen molar-refractivity contribution in [1.82, 2.24) is 9.88 Å². The van der Waals surface area contributed by atoms with Crippen molar-refractivity contribution in [3.63, 3.8) is 0 Å². The molecule has 4 rings (SSSR count). The Morgan fingerprint density at radius 1 is 1.19 bits per heavy atom. The van der Waals surface area contributed by atoms with Gasteiger partial charge in [-0.05, 0) is 17.7 Å². The highest BCUT2D eigenvalue weighted by atomic mass is 32.2. The smallest absolute Gasteiger partial charge is 0.323 e. The number of hydrogen-bond acceptors (Lipinski definition) is 6. The quantitative estimate of drug-likeness (QED) is 0.759. The predicted octanol–water partition coefficient (Wildman–Crippen LogP) is 1.25. The number of carbonyl (C=O) groups excluding carboxylic acids is 2. The van der Waals surface area contributed by atoms with Gasteiger partial charge in [0.2, 0.25) is 11.8 Å². The number of hydrogen-bond donors (Lipinski definition) is 2. The molecule has 3 atom stereocenters. The van der Waals surface area contributed by atoms with Crippen LogP contribution in [0.5, 0.6) is 0 Å². The third-order valence-electron chi connectivity index (χ3n) is 4.44. The van der Waals surface area contributed by atoms with Crippen LogP contribution in [0.25, 0.3) is 0 Å². The van der Waals surface area contributed by atoms with E-state index in [9.17, 15) is 23.6 Å². The molecule has 2 N–H and O–H groups in total. The number of amides is 2. The van der Waals surface area contributed by atoms with Crippen molar-refractivity contribution >= 4 is 40.9 Å². The van der Waals surface area contributed by atoms with Gasteiger partial charge in [0.25, 0.3) is 0 Å². The lowest BCUT2D eigenvalue weighted by Crippen LogP contribution is -2.36. The normalized spacial score (nSPS) is 24.5. The van der Waals surface area contributed by atoms with Crippen molar-refractivity contribution < 1.29 is 23.9 Å². The minimum absolute atomic E-state index is 0.308. The second kappa shape index (κ2) is 6.06. The molecule has 0 bridgehead atoms. The number of carboxylic acids is 1. The van der Waals surface area contributed by atoms with Crippen molar-refractivity contribution in [3.05, 3.63) is 50.2 Å². The van der Waals surface area contributed by atoms with Gasteiger partial charge in [0.05, 0.1) is 10.9 Å². The van der Waals surface area contributed by atoms with Gasteiger partial charge in [-0.1, -0.05) is 35.2 Å². The van der Waals surface area contributed by atoms with Crippen LogP contribution in [0.2, 0.25) is 0 Å². The number of carboxylic acid groups (broad SMARTS) is 1. The van der Waals surface area contributed by atoms with E-state index in [2.05, 4.69) is 4.98 Å². The number of nitrogens with zero attached hydrogens (tertiary/aromatic N) is 1. The summed E-state index contributed by atoms with van der Waals surface area (Å²) in [5, 5.41) is 8.66. The van der Waals surface area contributed by atoms with Gasteiger partial charge in [0, 0.05) is 10.8 Å². The maximum Gasteiger partial charge on any atom is 0.323 e. The first-order valence-corrected chi connectivity index (χ1v) is 9.28. The lowest BCUT2D eigenvalue weighted by molar-refractivity contribution is -0.149. The van der Waals surface area contributed by atoms with Crippen LogP contribution < -0.4 is 4.87 Å². The zero-order chi connectivity index (χ0) is 18.6. The number of thiazole rings is 1. The Morgan fingerprint density at radius 2 is 1.88 bits per heavy atom. The zero-order valence-corrected chi connectivity index (χ0v) is 14.6. The van der Waals surface area contributed by atoms with E-state index in [1.165, 1.54) is 24.3 Å². The number of fused-ring (bicyclic) bond motifs is 2. The van der Waals surface area contributed by atoms with Gasteiger partial charge in [0.15, 0.2) is 0 Å². The Hall–Kier alpha value is -2.46. The number of thioether (sulfide) groups is 1. The highest BCUT2D eigenvalue weighted by molar-refractivity contribution is 8.00. The van der Waals surface area contributed by atoms with Crippen LogP contribution in [0.1, 0.15) is 16.4 Å². The van der Waals surface area contributed by atoms with Crippen LogP contribution in [0.3, 0.4) is 0 Å². The van der Waals surface area contributed by atoms with Crippen LogP contribution in [-0.2, 0) is 14.4 Å². The van der Waals surface area contributed by atoms with Crippen LogP contribution in [0.4, 0.5) is 4.39 Å². The number of likely N-dealkylation sites (tertiary alicyclic amines) is 1. The molecule has 1 aromatic carbocycles. The molecule has 0 unspecified atom stereocenters. The van der Waals surface area contributed by atoms with Crippen molar-refractivity contribution in [3.8, 4) is 0 Å². The maximum atomic E-state index is 13.3. The first-order chi connectivity index (χ1) is 12.4. The summed E-state index contributed by atoms with van der Waals surface area (Å²) < 4.78 is 13.3. The molecule has 2 aliphatic rings. The number of H-pyrrole nitrogens is 1. The lowest BCUT2D eigenvalue weighted by Gasteiger charge is -2.29. The van der Waals surface area contributed by atoms with Gasteiger partial charge in [-0.15, -0.1) is 0 Å². The summed E-state index contributed by atoms with van der Waals surface area (Å²) in [4.78, 5) is 52.0. The largest absolute Gasteiger partial charge is 0.480 e. The Bertz CT molecular complexity index is 983. The number of halogens is 1. The van der Waals surface area contributed by atoms with Gasteiger partial charge >= 0.3 is 10.8 Å². The number of carbonyl (C=O) groups is 3. The van der Waals surface area contributed by atoms with E-state index in [-0.39, 0.29) is 4.87 Å². The van der Waals surface area contributed by atoms with E-state index in [1.54, 1.807) is 0 Å². The number of nitrogens with one attached hydrogen (secondary N) is 1. The summed E-state index contributed by atoms with van der Waals surface area (Å²) in [5.41, 5.74) is 0.594. The molecule has 0 spiro atoms. The monoisotopic (exact) mass is 394 g/mol. The van der Waals surface area contributed by atoms with E-state index in [4.69, 9.17) is 5.11 Å². The number of benzene rings is 1. The van der Waals surface area contributed by atoms with Gasteiger partial charge in [-0.25, -0.2) is 4.39 Å². The van der Waals surface area contributed by atoms with Crippen molar-refractivity contribution in [2.24, 2.45) is 5.92 Å². The fourth-order valence-corrected chi connectivity index (χ4v) is 5.93. The molecule has 2 amide bonds. The molecule has 0 radical (unpaired) electrons. The molecule has 2 aliphatic heterocycles. The number of aromatic amines is 1. The molecule has 1 fully saturated rings. The average Bonchev–Trinajstić information content (AvgIpc) is 3.06. The summed E-state index contributed by atoms with van der Waals surface area (Å²) in [6.07, 6.45) is 0. The summed E-state index contributed by atoms with van der Waals surface area (Å²) >= 11 is 2.01. The highest BCUT2D eigenvalue weighted by Gasteiger charge is 2.56. The Labute approximate surface area is 153 Å². The molecule has 1 saturated heterocycles. The van der Waals surface area contributed by atoms with Gasteiger partial charge in [-0.3, -0.25) is 24.1 Å². The van der Waals surface area contributed by atoms with Crippen molar-refractivity contribution in [2.75, 3.05) is 6.54 Å². The van der Waals surface area contributed by atoms with Crippen LogP contribution in [-0.4, -0.2) is 44.6 Å². The van der Waals surface area contributed by atoms with E-state index in [0.29, 0.717) is 15.5 Å². The standard InChI is InChI=1S/C16H11FN2O5S2/c17-7-3-1-6(2-4-7)9-10-12(25-13-11(9)26-16(24)18-13)15(23)19(14(10)22)5-8(20)21/h1-4,9-10,12H,5H2,(H,18,24)(H,20,21)/t9-,10+,12-/m0/s1. The minimum atomic E-state index is -1.28. The summed E-state index contributed by atoms with van der Waals surface area (Å²) in [6, 6.07) is 5.52. The molecule has 7 nitrogen and oxygen atoms in total. The molecular formula is C16H11FN2O5S2. The second-order valence-corrected chi connectivity index (χ2v) is 8.12. The second-order valence-electron chi connectivity index (χ2n) is 5.96. The van der Waals surface area contributed by atoms with Crippen LogP contribution in [0, 0.1) is 11.7 Å². The van der Waals surface area contributed by atoms with Crippen molar-refractivity contribution in [1.29, 1.82) is 0 Å². The van der Waals surface area contributed by atoms with Crippen LogP contribution in [0.15, 0.2) is 34.1 Å². The first kappa shape index (κ1) is 17.0. The Morgan fingerprint density at radius 3 is 2.54 bits per heavy atom. The summed E-state index contributed by atoms with van der Waals surface area (Å²) in [5.74, 6) is -4.35. The molecule has 134 valence electrons. The van der Waals surface area contributed by atoms with E-state index in [1.807, 2.05) is 0 Å². The Balaban J connectivity index is 1.85. The summed E-state index contributed by atoms with van der Waals surface area (Å²) in [6.45, 7) is -0.703. The maximum absolute atomic E-state index is 13.3. The number of aromatic nitrogens is 1. The van der Waals surface area contributed by atoms with Gasteiger partial charge in [0.1, 0.15) is 17.6 Å². The molecule has 26 heavy (non-hydrogen) atoms. The number of rotatable bonds is 3. The highest BCUT2D eigenvalue weighted by Crippen LogP contribution is 2.52. The van der Waals surface area contributed by atoms with Crippen LogP contribution >= 0.6 is 23.1 Å². The van der Waals surface area contributed by atoms with E-state index >= 15 is 0 Å². The molecule has 0 saturated carbocycles. The summed E-state index contributed by atoms with van der Waals surface area (Å²) in [7, 11) is 0. The van der Waals surface area contributed by atoms with E-state index < -0.39 is 47.2 Å². The Kier molecular flexibility index (Phi) is 3.96. The molecule has 3 heterocycles. The molecular weight excluding hydrogens is 383 g/mol. The molecule has 0 aliphatic carbocycles. The van der Waals surface area contributed by atoms with E-state index in [0.717, 1.165) is 28.0 Å². The minimum Gasteiger partial charge on any atom is -0.480 e. The molecule has 1 aromatic heterocycles. The predicted molar refractivity (Wildman–Crippen MR) is 90.7 cm³/mol. The fourth-order valence-electron chi connectivity index (χ4n) is 3.39.